The Morgan fingerprint density at radius 1 is 1.33 bits per heavy atom. The third-order valence-electron chi connectivity index (χ3n) is 6.44. The van der Waals surface area contributed by atoms with Crippen molar-refractivity contribution in [3.63, 3.8) is 0 Å². The number of ether oxygens (including phenoxy) is 1. The van der Waals surface area contributed by atoms with Gasteiger partial charge in [0.15, 0.2) is 0 Å². The van der Waals surface area contributed by atoms with E-state index in [2.05, 4.69) is 24.2 Å². The van der Waals surface area contributed by atoms with Gasteiger partial charge in [0, 0.05) is 36.6 Å². The molecule has 1 spiro atoms. The fourth-order valence-corrected chi connectivity index (χ4v) is 5.29. The van der Waals surface area contributed by atoms with Crippen LogP contribution in [0.4, 0.5) is 0 Å². The van der Waals surface area contributed by atoms with E-state index in [9.17, 15) is 4.79 Å². The number of hydrogen-bond acceptors (Lipinski definition) is 5. The number of carbonyl (C=O) groups is 1. The summed E-state index contributed by atoms with van der Waals surface area (Å²) < 4.78 is 11.8. The van der Waals surface area contributed by atoms with Gasteiger partial charge in [-0.2, -0.15) is 0 Å². The number of rotatable bonds is 4. The summed E-state index contributed by atoms with van der Waals surface area (Å²) in [5.41, 5.74) is 1.49. The summed E-state index contributed by atoms with van der Waals surface area (Å²) in [6.07, 6.45) is 2.52. The summed E-state index contributed by atoms with van der Waals surface area (Å²) in [5, 5.41) is 4.09. The lowest BCUT2D eigenvalue weighted by molar-refractivity contribution is 0.00216. The molecular formula is C21H25N3O3. The number of amides is 1. The summed E-state index contributed by atoms with van der Waals surface area (Å²) in [6, 6.07) is 11.5. The average Bonchev–Trinajstić information content (AvgIpc) is 3.42. The number of aromatic nitrogens is 1. The molecule has 1 amide bonds. The van der Waals surface area contributed by atoms with Crippen molar-refractivity contribution in [1.29, 1.82) is 0 Å². The van der Waals surface area contributed by atoms with Gasteiger partial charge in [-0.25, -0.2) is 0 Å². The molecule has 0 N–H and O–H groups in total. The fourth-order valence-electron chi connectivity index (χ4n) is 5.29. The normalized spacial score (nSPS) is 31.7. The maximum atomic E-state index is 13.0. The number of carbonyl (C=O) groups excluding carboxylic acids is 1. The lowest BCUT2D eigenvalue weighted by Gasteiger charge is -2.30. The van der Waals surface area contributed by atoms with E-state index in [0.717, 1.165) is 31.5 Å². The molecule has 1 aromatic heterocycles. The van der Waals surface area contributed by atoms with E-state index in [0.29, 0.717) is 35.9 Å². The van der Waals surface area contributed by atoms with Crippen LogP contribution in [0.3, 0.4) is 0 Å². The minimum atomic E-state index is -0.150. The Labute approximate surface area is 159 Å². The average molecular weight is 367 g/mol. The van der Waals surface area contributed by atoms with Crippen LogP contribution >= 0.6 is 0 Å². The Morgan fingerprint density at radius 3 is 2.93 bits per heavy atom. The topological polar surface area (TPSA) is 58.8 Å². The second kappa shape index (κ2) is 6.17. The summed E-state index contributed by atoms with van der Waals surface area (Å²) in [6.45, 7) is 2.42. The lowest BCUT2D eigenvalue weighted by Crippen LogP contribution is -2.40. The number of nitrogens with zero attached hydrogens (tertiary/aromatic N) is 3. The van der Waals surface area contributed by atoms with Crippen LogP contribution in [0.5, 0.6) is 0 Å². The molecule has 2 aromatic rings. The van der Waals surface area contributed by atoms with Gasteiger partial charge in [0.1, 0.15) is 5.69 Å². The van der Waals surface area contributed by atoms with Crippen LogP contribution in [0.15, 0.2) is 40.9 Å². The highest BCUT2D eigenvalue weighted by Crippen LogP contribution is 2.55. The van der Waals surface area contributed by atoms with Gasteiger partial charge >= 0.3 is 0 Å². The zero-order valence-corrected chi connectivity index (χ0v) is 15.8. The van der Waals surface area contributed by atoms with Crippen molar-refractivity contribution in [3.05, 3.63) is 42.2 Å². The highest BCUT2D eigenvalue weighted by molar-refractivity contribution is 5.92. The molecule has 4 atom stereocenters. The van der Waals surface area contributed by atoms with Gasteiger partial charge in [-0.1, -0.05) is 35.5 Å². The van der Waals surface area contributed by atoms with Gasteiger partial charge in [0.05, 0.1) is 18.2 Å². The van der Waals surface area contributed by atoms with E-state index in [4.69, 9.17) is 9.26 Å². The van der Waals surface area contributed by atoms with E-state index in [1.165, 1.54) is 0 Å². The first kappa shape index (κ1) is 17.0. The van der Waals surface area contributed by atoms with Crippen LogP contribution in [0.1, 0.15) is 23.4 Å². The smallest absolute Gasteiger partial charge is 0.292 e. The number of fused-ring (bicyclic) bond motifs is 1. The third-order valence-corrected chi connectivity index (χ3v) is 6.44. The van der Waals surface area contributed by atoms with Crippen molar-refractivity contribution in [3.8, 4) is 11.3 Å². The van der Waals surface area contributed by atoms with Crippen molar-refractivity contribution in [2.24, 2.45) is 11.8 Å². The van der Waals surface area contributed by atoms with Gasteiger partial charge in [-0.15, -0.1) is 0 Å². The molecule has 2 bridgehead atoms. The molecule has 1 aromatic carbocycles. The first-order chi connectivity index (χ1) is 13.1. The second-order valence-electron chi connectivity index (χ2n) is 8.42. The number of hydrogen-bond donors (Lipinski definition) is 0. The van der Waals surface area contributed by atoms with Crippen molar-refractivity contribution >= 4 is 5.91 Å². The first-order valence-electron chi connectivity index (χ1n) is 9.70. The van der Waals surface area contributed by atoms with Gasteiger partial charge in [-0.3, -0.25) is 4.79 Å². The molecule has 5 rings (SSSR count). The monoisotopic (exact) mass is 367 g/mol. The van der Waals surface area contributed by atoms with Crippen LogP contribution in [0.25, 0.3) is 11.3 Å². The molecule has 0 radical (unpaired) electrons. The van der Waals surface area contributed by atoms with Gasteiger partial charge in [0.2, 0.25) is 5.76 Å². The minimum Gasteiger partial charge on any atom is -0.369 e. The van der Waals surface area contributed by atoms with Gasteiger partial charge in [-0.05, 0) is 26.9 Å². The molecule has 0 unspecified atom stereocenters. The Balaban J connectivity index is 1.35. The van der Waals surface area contributed by atoms with E-state index in [1.807, 2.05) is 35.2 Å². The lowest BCUT2D eigenvalue weighted by atomic mass is 9.73. The fraction of sp³-hybridized carbons (Fsp3) is 0.524. The van der Waals surface area contributed by atoms with Crippen molar-refractivity contribution in [2.75, 3.05) is 33.7 Å². The van der Waals surface area contributed by atoms with Crippen LogP contribution in [-0.4, -0.2) is 66.3 Å². The predicted octanol–water partition coefficient (Wildman–Crippen LogP) is 2.52. The second-order valence-corrected chi connectivity index (χ2v) is 8.42. The van der Waals surface area contributed by atoms with Crippen LogP contribution in [0.2, 0.25) is 0 Å². The zero-order valence-electron chi connectivity index (χ0n) is 15.8. The molecule has 0 saturated carbocycles. The van der Waals surface area contributed by atoms with Gasteiger partial charge in [0.25, 0.3) is 5.91 Å². The molecular weight excluding hydrogens is 342 g/mol. The number of likely N-dealkylation sites (tertiary alicyclic amines) is 1. The predicted molar refractivity (Wildman–Crippen MR) is 100 cm³/mol. The highest BCUT2D eigenvalue weighted by Gasteiger charge is 2.63. The quantitative estimate of drug-likeness (QED) is 0.831. The Bertz CT molecular complexity index is 849. The zero-order chi connectivity index (χ0) is 18.6. The first-order valence-corrected chi connectivity index (χ1v) is 9.70. The molecule has 3 aliphatic rings. The molecule has 0 aliphatic carbocycles. The Kier molecular flexibility index (Phi) is 3.88. The standard InChI is InChI=1S/C21H25N3O3/c1-23(2)11-15-16-12-24(13-21(16)9-8-18(15)26-21)20(25)19-10-17(22-27-19)14-6-4-3-5-7-14/h3-7,10,15-16,18H,8-9,11-13H2,1-2H3/t15-,16+,18+,21+/m0/s1. The molecule has 3 aliphatic heterocycles. The van der Waals surface area contributed by atoms with Crippen molar-refractivity contribution in [1.82, 2.24) is 15.0 Å². The van der Waals surface area contributed by atoms with E-state index in [1.54, 1.807) is 6.07 Å². The highest BCUT2D eigenvalue weighted by atomic mass is 16.5. The Morgan fingerprint density at radius 2 is 2.15 bits per heavy atom. The third kappa shape index (κ3) is 2.70. The van der Waals surface area contributed by atoms with Crippen molar-refractivity contribution in [2.45, 2.75) is 24.5 Å². The van der Waals surface area contributed by atoms with Gasteiger partial charge < -0.3 is 19.1 Å². The minimum absolute atomic E-state index is 0.0795. The molecule has 142 valence electrons. The molecule has 3 fully saturated rings. The number of benzene rings is 1. The summed E-state index contributed by atoms with van der Waals surface area (Å²) in [7, 11) is 4.21. The summed E-state index contributed by atoms with van der Waals surface area (Å²) in [4.78, 5) is 17.2. The molecule has 6 heteroatoms. The van der Waals surface area contributed by atoms with Crippen LogP contribution < -0.4 is 0 Å². The molecule has 3 saturated heterocycles. The SMILES string of the molecule is CN(C)C[C@H]1[C@H]2CN(C(=O)c3cc(-c4ccccc4)no3)C[C@]23CC[C@H]1O3. The van der Waals surface area contributed by atoms with E-state index < -0.39 is 0 Å². The van der Waals surface area contributed by atoms with Crippen molar-refractivity contribution < 1.29 is 14.1 Å². The largest absolute Gasteiger partial charge is 0.369 e. The Hall–Kier alpha value is -2.18. The van der Waals surface area contributed by atoms with E-state index >= 15 is 0 Å². The maximum Gasteiger partial charge on any atom is 0.292 e. The summed E-state index contributed by atoms with van der Waals surface area (Å²) >= 11 is 0. The molecule has 27 heavy (non-hydrogen) atoms. The van der Waals surface area contributed by atoms with Crippen LogP contribution in [-0.2, 0) is 4.74 Å². The molecule has 4 heterocycles. The van der Waals surface area contributed by atoms with E-state index in [-0.39, 0.29) is 11.5 Å². The van der Waals surface area contributed by atoms with Crippen LogP contribution in [0, 0.1) is 11.8 Å². The molecule has 6 nitrogen and oxygen atoms in total. The summed E-state index contributed by atoms with van der Waals surface area (Å²) in [5.74, 6) is 1.15. The maximum absolute atomic E-state index is 13.0.